The van der Waals surface area contributed by atoms with Crippen LogP contribution in [0.5, 0.6) is 0 Å². The summed E-state index contributed by atoms with van der Waals surface area (Å²) in [5, 5.41) is 4.60. The van der Waals surface area contributed by atoms with E-state index < -0.39 is 0 Å². The minimum absolute atomic E-state index is 0.353. The van der Waals surface area contributed by atoms with E-state index in [1.807, 2.05) is 12.1 Å². The molecule has 0 aliphatic carbocycles. The number of benzene rings is 4. The average Bonchev–Trinajstić information content (AvgIpc) is 3.27. The van der Waals surface area contributed by atoms with Crippen LogP contribution in [0.15, 0.2) is 83.3 Å². The van der Waals surface area contributed by atoms with Gasteiger partial charge in [0.1, 0.15) is 11.2 Å². The van der Waals surface area contributed by atoms with Crippen LogP contribution in [0.25, 0.3) is 43.8 Å². The second kappa shape index (κ2) is 6.71. The fourth-order valence-corrected chi connectivity index (χ4v) is 4.53. The maximum atomic E-state index is 6.25. The number of rotatable bonds is 2. The molecule has 0 spiro atoms. The van der Waals surface area contributed by atoms with Crippen LogP contribution in [0.2, 0.25) is 0 Å². The minimum atomic E-state index is -0.365. The molecule has 1 fully saturated rings. The quantitative estimate of drug-likeness (QED) is 0.298. The smallest absolute Gasteiger partial charge is 0.455 e. The molecule has 0 amide bonds. The molecule has 2 heterocycles. The number of para-hydroxylation sites is 1. The normalized spacial score (nSPS) is 17.6. The van der Waals surface area contributed by atoms with Crippen LogP contribution < -0.4 is 5.46 Å². The zero-order valence-corrected chi connectivity index (χ0v) is 18.8. The Morgan fingerprint density at radius 3 is 2.16 bits per heavy atom. The molecule has 32 heavy (non-hydrogen) atoms. The third-order valence-corrected chi connectivity index (χ3v) is 7.10. The van der Waals surface area contributed by atoms with Gasteiger partial charge < -0.3 is 13.7 Å². The van der Waals surface area contributed by atoms with Gasteiger partial charge in [-0.15, -0.1) is 0 Å². The van der Waals surface area contributed by atoms with E-state index >= 15 is 0 Å². The minimum Gasteiger partial charge on any atom is -0.455 e. The van der Waals surface area contributed by atoms with Crippen molar-refractivity contribution in [2.24, 2.45) is 0 Å². The van der Waals surface area contributed by atoms with E-state index in [1.54, 1.807) is 0 Å². The van der Waals surface area contributed by atoms with E-state index in [1.165, 1.54) is 0 Å². The third-order valence-electron chi connectivity index (χ3n) is 7.10. The highest BCUT2D eigenvalue weighted by Crippen LogP contribution is 2.37. The summed E-state index contributed by atoms with van der Waals surface area (Å²) in [6, 6.07) is 27.6. The topological polar surface area (TPSA) is 31.6 Å². The summed E-state index contributed by atoms with van der Waals surface area (Å²) in [5.41, 5.74) is 4.50. The SMILES string of the molecule is CC1(C)OB(c2cccc(-c3ccc4c(ccc5c6ccccc6oc45)c3)c2)OC1(C)C. The van der Waals surface area contributed by atoms with Crippen LogP contribution in [-0.2, 0) is 9.31 Å². The maximum Gasteiger partial charge on any atom is 0.494 e. The van der Waals surface area contributed by atoms with Gasteiger partial charge in [-0.3, -0.25) is 0 Å². The molecule has 0 bridgehead atoms. The molecule has 0 radical (unpaired) electrons. The molecule has 4 heteroatoms. The van der Waals surface area contributed by atoms with Crippen LogP contribution in [0.3, 0.4) is 0 Å². The van der Waals surface area contributed by atoms with Crippen molar-refractivity contribution >= 4 is 45.3 Å². The average molecular weight is 420 g/mol. The van der Waals surface area contributed by atoms with Crippen molar-refractivity contribution in [1.82, 2.24) is 0 Å². The monoisotopic (exact) mass is 420 g/mol. The molecule has 6 rings (SSSR count). The van der Waals surface area contributed by atoms with E-state index in [4.69, 9.17) is 13.7 Å². The fraction of sp³-hybridized carbons (Fsp3) is 0.214. The van der Waals surface area contributed by atoms with Gasteiger partial charge in [0.15, 0.2) is 0 Å². The molecule has 158 valence electrons. The van der Waals surface area contributed by atoms with Crippen molar-refractivity contribution in [2.45, 2.75) is 38.9 Å². The summed E-state index contributed by atoms with van der Waals surface area (Å²) < 4.78 is 18.7. The number of hydrogen-bond acceptors (Lipinski definition) is 3. The molecule has 0 atom stereocenters. The van der Waals surface area contributed by atoms with Gasteiger partial charge in [0.05, 0.1) is 11.2 Å². The predicted octanol–water partition coefficient (Wildman–Crippen LogP) is 6.71. The zero-order chi connectivity index (χ0) is 22.1. The number of fused-ring (bicyclic) bond motifs is 5. The first kappa shape index (κ1) is 19.6. The molecular weight excluding hydrogens is 395 g/mol. The van der Waals surface area contributed by atoms with Gasteiger partial charge in [0.2, 0.25) is 0 Å². The lowest BCUT2D eigenvalue weighted by Gasteiger charge is -2.32. The lowest BCUT2D eigenvalue weighted by atomic mass is 9.78. The summed E-state index contributed by atoms with van der Waals surface area (Å²) in [6.07, 6.45) is 0. The highest BCUT2D eigenvalue weighted by molar-refractivity contribution is 6.62. The first-order valence-electron chi connectivity index (χ1n) is 11.1. The Kier molecular flexibility index (Phi) is 4.11. The molecule has 0 N–H and O–H groups in total. The second-order valence-corrected chi connectivity index (χ2v) is 9.69. The first-order chi connectivity index (χ1) is 15.3. The van der Waals surface area contributed by atoms with Crippen LogP contribution in [-0.4, -0.2) is 18.3 Å². The van der Waals surface area contributed by atoms with Gasteiger partial charge in [-0.2, -0.15) is 0 Å². The summed E-state index contributed by atoms with van der Waals surface area (Å²) in [4.78, 5) is 0. The summed E-state index contributed by atoms with van der Waals surface area (Å²) in [6.45, 7) is 8.33. The highest BCUT2D eigenvalue weighted by atomic mass is 16.7. The molecule has 5 aromatic rings. The molecule has 4 aromatic carbocycles. The third kappa shape index (κ3) is 2.91. The van der Waals surface area contributed by atoms with E-state index in [0.29, 0.717) is 0 Å². The van der Waals surface area contributed by atoms with Gasteiger partial charge in [-0.1, -0.05) is 54.6 Å². The zero-order valence-electron chi connectivity index (χ0n) is 18.8. The molecular formula is C28H25BO3. The Hall–Kier alpha value is -3.08. The standard InChI is InChI=1S/C28H25BO3/c1-27(2)28(3,4)32-29(31-27)21-9-7-8-18(17-21)19-12-14-22-20(16-19)13-15-24-23-10-5-6-11-25(23)30-26(22)24/h5-17H,1-4H3. The summed E-state index contributed by atoms with van der Waals surface area (Å²) in [7, 11) is -0.365. The van der Waals surface area contributed by atoms with E-state index in [-0.39, 0.29) is 18.3 Å². The van der Waals surface area contributed by atoms with Gasteiger partial charge in [-0.05, 0) is 73.9 Å². The predicted molar refractivity (Wildman–Crippen MR) is 132 cm³/mol. The fourth-order valence-electron chi connectivity index (χ4n) is 4.53. The molecule has 0 saturated carbocycles. The Morgan fingerprint density at radius 1 is 0.625 bits per heavy atom. The highest BCUT2D eigenvalue weighted by Gasteiger charge is 2.51. The summed E-state index contributed by atoms with van der Waals surface area (Å²) >= 11 is 0. The Bertz CT molecular complexity index is 1480. The van der Waals surface area contributed by atoms with Crippen molar-refractivity contribution in [2.75, 3.05) is 0 Å². The van der Waals surface area contributed by atoms with Gasteiger partial charge in [0.25, 0.3) is 0 Å². The van der Waals surface area contributed by atoms with Gasteiger partial charge in [-0.25, -0.2) is 0 Å². The van der Waals surface area contributed by atoms with Crippen molar-refractivity contribution in [3.05, 3.63) is 78.9 Å². The molecule has 0 unspecified atom stereocenters. The van der Waals surface area contributed by atoms with Crippen LogP contribution in [0.1, 0.15) is 27.7 Å². The Labute approximate surface area is 188 Å². The first-order valence-corrected chi connectivity index (χ1v) is 11.1. The molecule has 1 aliphatic heterocycles. The lowest BCUT2D eigenvalue weighted by molar-refractivity contribution is 0.00578. The molecule has 1 saturated heterocycles. The maximum absolute atomic E-state index is 6.25. The van der Waals surface area contributed by atoms with E-state index in [9.17, 15) is 0 Å². The largest absolute Gasteiger partial charge is 0.494 e. The summed E-state index contributed by atoms with van der Waals surface area (Å²) in [5.74, 6) is 0. The van der Waals surface area contributed by atoms with Crippen molar-refractivity contribution < 1.29 is 13.7 Å². The molecule has 1 aromatic heterocycles. The Balaban J connectivity index is 1.42. The van der Waals surface area contributed by atoms with Gasteiger partial charge in [0, 0.05) is 16.2 Å². The van der Waals surface area contributed by atoms with Crippen LogP contribution in [0, 0.1) is 0 Å². The van der Waals surface area contributed by atoms with Crippen LogP contribution in [0.4, 0.5) is 0 Å². The van der Waals surface area contributed by atoms with E-state index in [0.717, 1.165) is 49.3 Å². The van der Waals surface area contributed by atoms with Crippen molar-refractivity contribution in [1.29, 1.82) is 0 Å². The van der Waals surface area contributed by atoms with Gasteiger partial charge >= 0.3 is 7.12 Å². The van der Waals surface area contributed by atoms with E-state index in [2.05, 4.69) is 94.4 Å². The Morgan fingerprint density at radius 2 is 1.34 bits per heavy atom. The molecule has 1 aliphatic rings. The second-order valence-electron chi connectivity index (χ2n) is 9.69. The lowest BCUT2D eigenvalue weighted by Crippen LogP contribution is -2.41. The van der Waals surface area contributed by atoms with Crippen LogP contribution >= 0.6 is 0 Å². The number of furan rings is 1. The molecule has 3 nitrogen and oxygen atoms in total. The number of hydrogen-bond donors (Lipinski definition) is 0. The van der Waals surface area contributed by atoms with Crippen molar-refractivity contribution in [3.63, 3.8) is 0 Å². The van der Waals surface area contributed by atoms with Crippen molar-refractivity contribution in [3.8, 4) is 11.1 Å².